The molecule has 32 heavy (non-hydrogen) atoms. The Morgan fingerprint density at radius 2 is 1.84 bits per heavy atom. The zero-order valence-electron chi connectivity index (χ0n) is 17.1. The minimum absolute atomic E-state index is 0.276. The fourth-order valence-electron chi connectivity index (χ4n) is 3.27. The normalized spacial score (nSPS) is 12.5. The van der Waals surface area contributed by atoms with E-state index in [-0.39, 0.29) is 11.7 Å². The van der Waals surface area contributed by atoms with Gasteiger partial charge in [-0.2, -0.15) is 13.2 Å². The van der Waals surface area contributed by atoms with Crippen molar-refractivity contribution in [2.45, 2.75) is 19.1 Å². The Balaban J connectivity index is 1.54. The number of nitrogens with one attached hydrogen (secondary N) is 1. The molecule has 0 radical (unpaired) electrons. The lowest BCUT2D eigenvalue weighted by atomic mass is 10.1. The molecule has 0 bridgehead atoms. The molecule has 1 amide bonds. The monoisotopic (exact) mass is 441 g/mol. The number of halogens is 3. The Labute approximate surface area is 180 Å². The van der Waals surface area contributed by atoms with E-state index in [0.717, 1.165) is 22.9 Å². The first-order chi connectivity index (χ1) is 15.2. The van der Waals surface area contributed by atoms with Crippen LogP contribution in [0.25, 0.3) is 10.8 Å². The smallest absolute Gasteiger partial charge is 0.416 e. The van der Waals surface area contributed by atoms with Crippen LogP contribution in [0.3, 0.4) is 0 Å². The van der Waals surface area contributed by atoms with Crippen LogP contribution >= 0.6 is 0 Å². The molecule has 4 rings (SSSR count). The van der Waals surface area contributed by atoms with Crippen molar-refractivity contribution < 1.29 is 22.7 Å². The maximum atomic E-state index is 12.8. The summed E-state index contributed by atoms with van der Waals surface area (Å²) in [5, 5.41) is 15.5. The highest BCUT2D eigenvalue weighted by Crippen LogP contribution is 2.33. The van der Waals surface area contributed by atoms with Gasteiger partial charge in [0, 0.05) is 18.0 Å². The number of hydrogen-bond acceptors (Lipinski definition) is 5. The maximum absolute atomic E-state index is 12.8. The second-order valence-electron chi connectivity index (χ2n) is 7.17. The number of carbonyl (C=O) groups is 1. The number of amides is 1. The van der Waals surface area contributed by atoms with E-state index < -0.39 is 17.8 Å². The molecular weight excluding hydrogens is 423 g/mol. The Kier molecular flexibility index (Phi) is 5.52. The first-order valence-electron chi connectivity index (χ1n) is 9.63. The molecule has 0 saturated carbocycles. The number of ether oxygens (including phenoxy) is 1. The zero-order valence-corrected chi connectivity index (χ0v) is 17.1. The van der Waals surface area contributed by atoms with Crippen molar-refractivity contribution in [3.8, 4) is 11.5 Å². The average Bonchev–Trinajstić information content (AvgIpc) is 3.19. The molecule has 10 heteroatoms. The minimum atomic E-state index is -4.41. The molecule has 1 N–H and O–H groups in total. The van der Waals surface area contributed by atoms with E-state index in [1.165, 1.54) is 16.8 Å². The number of fused-ring (bicyclic) bond motifs is 1. The predicted molar refractivity (Wildman–Crippen MR) is 110 cm³/mol. The first kappa shape index (κ1) is 21.3. The van der Waals surface area contributed by atoms with E-state index in [1.54, 1.807) is 44.3 Å². The van der Waals surface area contributed by atoms with Crippen LogP contribution in [0.1, 0.15) is 34.7 Å². The largest absolute Gasteiger partial charge is 0.457 e. The molecule has 1 heterocycles. The predicted octanol–water partition coefficient (Wildman–Crippen LogP) is 4.67. The van der Waals surface area contributed by atoms with Gasteiger partial charge in [0.15, 0.2) is 5.82 Å². The van der Waals surface area contributed by atoms with Crippen molar-refractivity contribution in [1.29, 1.82) is 0 Å². The second-order valence-corrected chi connectivity index (χ2v) is 7.17. The molecule has 1 aromatic heterocycles. The van der Waals surface area contributed by atoms with Crippen LogP contribution in [0.4, 0.5) is 13.2 Å². The van der Waals surface area contributed by atoms with E-state index in [2.05, 4.69) is 20.8 Å². The standard InChI is InChI=1S/C22H18F3N5O2/c1-13(20-27-28-29-30(20)2)26-21(31)15-6-11-18-14(12-15)4-3-5-19(18)32-17-9-7-16(8-10-17)22(23,24)25/h3-13H,1-2H3,(H,26,31). The molecule has 0 spiro atoms. The van der Waals surface area contributed by atoms with Crippen LogP contribution in [0, 0.1) is 0 Å². The van der Waals surface area contributed by atoms with Gasteiger partial charge in [0.1, 0.15) is 11.5 Å². The van der Waals surface area contributed by atoms with E-state index in [0.29, 0.717) is 17.1 Å². The lowest BCUT2D eigenvalue weighted by Crippen LogP contribution is -2.28. The van der Waals surface area contributed by atoms with Crippen molar-refractivity contribution >= 4 is 16.7 Å². The van der Waals surface area contributed by atoms with E-state index in [1.807, 2.05) is 6.07 Å². The summed E-state index contributed by atoms with van der Waals surface area (Å²) in [5.41, 5.74) is -0.309. The second kappa shape index (κ2) is 8.29. The van der Waals surface area contributed by atoms with Gasteiger partial charge in [-0.3, -0.25) is 4.79 Å². The third-order valence-electron chi connectivity index (χ3n) is 4.90. The summed E-state index contributed by atoms with van der Waals surface area (Å²) < 4.78 is 45.5. The summed E-state index contributed by atoms with van der Waals surface area (Å²) in [7, 11) is 1.69. The molecule has 164 valence electrons. The highest BCUT2D eigenvalue weighted by molar-refractivity contribution is 6.00. The van der Waals surface area contributed by atoms with E-state index in [9.17, 15) is 18.0 Å². The number of carbonyl (C=O) groups excluding carboxylic acids is 1. The number of hydrogen-bond donors (Lipinski definition) is 1. The van der Waals surface area contributed by atoms with Crippen LogP contribution < -0.4 is 10.1 Å². The number of alkyl halides is 3. The average molecular weight is 441 g/mol. The lowest BCUT2D eigenvalue weighted by molar-refractivity contribution is -0.137. The van der Waals surface area contributed by atoms with Gasteiger partial charge < -0.3 is 10.1 Å². The molecule has 0 aliphatic rings. The maximum Gasteiger partial charge on any atom is 0.416 e. The summed E-state index contributed by atoms with van der Waals surface area (Å²) in [4.78, 5) is 12.7. The summed E-state index contributed by atoms with van der Waals surface area (Å²) in [6.45, 7) is 1.78. The van der Waals surface area contributed by atoms with Crippen molar-refractivity contribution in [3.05, 3.63) is 77.6 Å². The molecule has 7 nitrogen and oxygen atoms in total. The van der Waals surface area contributed by atoms with Gasteiger partial charge in [-0.15, -0.1) is 5.10 Å². The number of nitrogens with zero attached hydrogens (tertiary/aromatic N) is 4. The Morgan fingerprint density at radius 1 is 1.09 bits per heavy atom. The Bertz CT molecular complexity index is 1270. The van der Waals surface area contributed by atoms with Crippen LogP contribution in [-0.2, 0) is 13.2 Å². The fourth-order valence-corrected chi connectivity index (χ4v) is 3.27. The lowest BCUT2D eigenvalue weighted by Gasteiger charge is -2.14. The molecule has 0 aliphatic carbocycles. The number of rotatable bonds is 5. The molecule has 3 aromatic carbocycles. The fraction of sp³-hybridized carbons (Fsp3) is 0.182. The molecule has 0 saturated heterocycles. The highest BCUT2D eigenvalue weighted by atomic mass is 19.4. The molecule has 0 fully saturated rings. The van der Waals surface area contributed by atoms with Crippen LogP contribution in [-0.4, -0.2) is 26.1 Å². The van der Waals surface area contributed by atoms with Gasteiger partial charge in [0.2, 0.25) is 0 Å². The van der Waals surface area contributed by atoms with E-state index in [4.69, 9.17) is 4.74 Å². The third-order valence-corrected chi connectivity index (χ3v) is 4.90. The van der Waals surface area contributed by atoms with Crippen LogP contribution in [0.15, 0.2) is 60.7 Å². The van der Waals surface area contributed by atoms with Crippen molar-refractivity contribution in [2.75, 3.05) is 0 Å². The first-order valence-corrected chi connectivity index (χ1v) is 9.63. The van der Waals surface area contributed by atoms with Crippen molar-refractivity contribution in [1.82, 2.24) is 25.5 Å². The topological polar surface area (TPSA) is 81.9 Å². The van der Waals surface area contributed by atoms with Crippen LogP contribution in [0.5, 0.6) is 11.5 Å². The Morgan fingerprint density at radius 3 is 2.50 bits per heavy atom. The summed E-state index contributed by atoms with van der Waals surface area (Å²) in [6.07, 6.45) is -4.41. The van der Waals surface area contributed by atoms with Crippen molar-refractivity contribution in [3.63, 3.8) is 0 Å². The quantitative estimate of drug-likeness (QED) is 0.487. The van der Waals surface area contributed by atoms with Gasteiger partial charge in [-0.05, 0) is 71.3 Å². The number of benzene rings is 3. The third kappa shape index (κ3) is 4.39. The van der Waals surface area contributed by atoms with E-state index >= 15 is 0 Å². The zero-order chi connectivity index (χ0) is 22.9. The SMILES string of the molecule is CC(NC(=O)c1ccc2c(Oc3ccc(C(F)(F)F)cc3)cccc2c1)c1nnnn1C. The van der Waals surface area contributed by atoms with Gasteiger partial charge in [-0.25, -0.2) is 4.68 Å². The highest BCUT2D eigenvalue weighted by Gasteiger charge is 2.30. The molecular formula is C22H18F3N5O2. The molecule has 1 unspecified atom stereocenters. The van der Waals surface area contributed by atoms with Gasteiger partial charge in [-0.1, -0.05) is 12.1 Å². The van der Waals surface area contributed by atoms with Crippen molar-refractivity contribution in [2.24, 2.45) is 7.05 Å². The summed E-state index contributed by atoms with van der Waals surface area (Å²) >= 11 is 0. The molecule has 1 atom stereocenters. The number of tetrazole rings is 1. The number of aryl methyl sites for hydroxylation is 1. The molecule has 4 aromatic rings. The molecule has 0 aliphatic heterocycles. The Hall–Kier alpha value is -3.95. The number of aromatic nitrogens is 4. The summed E-state index contributed by atoms with van der Waals surface area (Å²) in [5.74, 6) is 0.967. The van der Waals surface area contributed by atoms with Crippen LogP contribution in [0.2, 0.25) is 0 Å². The minimum Gasteiger partial charge on any atom is -0.457 e. The van der Waals surface area contributed by atoms with Gasteiger partial charge >= 0.3 is 6.18 Å². The summed E-state index contributed by atoms with van der Waals surface area (Å²) in [6, 6.07) is 14.5. The van der Waals surface area contributed by atoms with Gasteiger partial charge in [0.25, 0.3) is 5.91 Å². The van der Waals surface area contributed by atoms with Gasteiger partial charge in [0.05, 0.1) is 11.6 Å².